The number of piperidine rings is 1. The van der Waals surface area contributed by atoms with Gasteiger partial charge in [-0.05, 0) is 44.3 Å². The van der Waals surface area contributed by atoms with E-state index in [4.69, 9.17) is 0 Å². The van der Waals surface area contributed by atoms with Gasteiger partial charge >= 0.3 is 11.8 Å². The number of aliphatic hydroxyl groups excluding tert-OH is 1. The molecule has 0 bridgehead atoms. The predicted octanol–water partition coefficient (Wildman–Crippen LogP) is 0.698. The van der Waals surface area contributed by atoms with Crippen LogP contribution in [0.4, 0.5) is 0 Å². The maximum Gasteiger partial charge on any atom is 0.311 e. The highest BCUT2D eigenvalue weighted by Gasteiger charge is 2.28. The van der Waals surface area contributed by atoms with Crippen LogP contribution < -0.4 is 5.32 Å². The van der Waals surface area contributed by atoms with Crippen molar-refractivity contribution in [2.45, 2.75) is 18.9 Å². The standard InChI is InChI=1S/C16H25N3O3S/c1-18(2)13(14-6-4-8-23-14)9-17-15(21)16(22)19-7-3-5-12(10-19)11-20/h4,6,8,12-13,20H,3,5,7,9-11H2,1-2H3,(H,17,21)/t12-,13+/m1/s1. The number of aliphatic hydroxyl groups is 1. The third-order valence-corrected chi connectivity index (χ3v) is 5.18. The van der Waals surface area contributed by atoms with Gasteiger partial charge in [-0.2, -0.15) is 0 Å². The van der Waals surface area contributed by atoms with Gasteiger partial charge in [0, 0.05) is 31.1 Å². The highest BCUT2D eigenvalue weighted by Crippen LogP contribution is 2.22. The zero-order valence-corrected chi connectivity index (χ0v) is 14.5. The first-order chi connectivity index (χ1) is 11.0. The van der Waals surface area contributed by atoms with Gasteiger partial charge in [0.05, 0.1) is 6.04 Å². The predicted molar refractivity (Wildman–Crippen MR) is 90.1 cm³/mol. The maximum atomic E-state index is 12.2. The molecule has 128 valence electrons. The molecule has 1 aromatic rings. The molecule has 2 amide bonds. The quantitative estimate of drug-likeness (QED) is 0.775. The molecule has 1 aliphatic heterocycles. The van der Waals surface area contributed by atoms with Crippen molar-refractivity contribution >= 4 is 23.2 Å². The lowest BCUT2D eigenvalue weighted by atomic mass is 9.99. The van der Waals surface area contributed by atoms with E-state index in [0.717, 1.165) is 17.7 Å². The molecule has 0 aliphatic carbocycles. The van der Waals surface area contributed by atoms with Gasteiger partial charge in [-0.1, -0.05) is 6.07 Å². The van der Waals surface area contributed by atoms with Crippen LogP contribution in [0.3, 0.4) is 0 Å². The van der Waals surface area contributed by atoms with Crippen LogP contribution in [-0.2, 0) is 9.59 Å². The van der Waals surface area contributed by atoms with Crippen LogP contribution in [0.2, 0.25) is 0 Å². The number of hydrogen-bond acceptors (Lipinski definition) is 5. The molecule has 1 fully saturated rings. The topological polar surface area (TPSA) is 72.9 Å². The first-order valence-corrected chi connectivity index (χ1v) is 8.78. The number of thiophene rings is 1. The van der Waals surface area contributed by atoms with E-state index in [9.17, 15) is 14.7 Å². The maximum absolute atomic E-state index is 12.2. The largest absolute Gasteiger partial charge is 0.396 e. The molecule has 0 radical (unpaired) electrons. The molecule has 23 heavy (non-hydrogen) atoms. The van der Waals surface area contributed by atoms with Crippen LogP contribution in [0, 0.1) is 5.92 Å². The summed E-state index contributed by atoms with van der Waals surface area (Å²) in [5, 5.41) is 14.0. The van der Waals surface area contributed by atoms with Crippen molar-refractivity contribution in [3.05, 3.63) is 22.4 Å². The Morgan fingerprint density at radius 3 is 2.91 bits per heavy atom. The van der Waals surface area contributed by atoms with E-state index in [1.807, 2.05) is 36.5 Å². The minimum Gasteiger partial charge on any atom is -0.396 e. The van der Waals surface area contributed by atoms with Crippen molar-refractivity contribution in [3.8, 4) is 0 Å². The lowest BCUT2D eigenvalue weighted by Gasteiger charge is -2.31. The number of carbonyl (C=O) groups excluding carboxylic acids is 2. The van der Waals surface area contributed by atoms with Gasteiger partial charge in [0.15, 0.2) is 0 Å². The highest BCUT2D eigenvalue weighted by molar-refractivity contribution is 7.10. The molecule has 2 rings (SSSR count). The van der Waals surface area contributed by atoms with Gasteiger partial charge < -0.3 is 20.2 Å². The molecule has 2 N–H and O–H groups in total. The first kappa shape index (κ1) is 17.9. The minimum absolute atomic E-state index is 0.0540. The SMILES string of the molecule is CN(C)[C@@H](CNC(=O)C(=O)N1CCC[C@@H](CO)C1)c1cccs1. The Morgan fingerprint density at radius 2 is 2.30 bits per heavy atom. The number of rotatable bonds is 5. The number of carbonyl (C=O) groups is 2. The summed E-state index contributed by atoms with van der Waals surface area (Å²) in [5.74, 6) is -0.972. The van der Waals surface area contributed by atoms with Crippen LogP contribution in [-0.4, -0.2) is 67.1 Å². The molecule has 2 heterocycles. The average Bonchev–Trinajstić information content (AvgIpc) is 3.08. The number of nitrogens with zero attached hydrogens (tertiary/aromatic N) is 2. The van der Waals surface area contributed by atoms with E-state index in [1.54, 1.807) is 16.2 Å². The zero-order valence-electron chi connectivity index (χ0n) is 13.7. The Balaban J connectivity index is 1.89. The lowest BCUT2D eigenvalue weighted by Crippen LogP contribution is -2.48. The van der Waals surface area contributed by atoms with Crippen molar-refractivity contribution in [1.29, 1.82) is 0 Å². The molecule has 1 saturated heterocycles. The summed E-state index contributed by atoms with van der Waals surface area (Å²) in [6.07, 6.45) is 1.74. The number of amides is 2. The second-order valence-corrected chi connectivity index (χ2v) is 7.13. The molecule has 6 nitrogen and oxygen atoms in total. The van der Waals surface area contributed by atoms with E-state index in [2.05, 4.69) is 5.32 Å². The second-order valence-electron chi connectivity index (χ2n) is 6.15. The summed E-state index contributed by atoms with van der Waals surface area (Å²) in [5.41, 5.74) is 0. The van der Waals surface area contributed by atoms with Gasteiger partial charge in [0.25, 0.3) is 0 Å². The van der Waals surface area contributed by atoms with Gasteiger partial charge in [0.1, 0.15) is 0 Å². The van der Waals surface area contributed by atoms with Crippen LogP contribution in [0.15, 0.2) is 17.5 Å². The Hall–Kier alpha value is -1.44. The van der Waals surface area contributed by atoms with Crippen molar-refractivity contribution < 1.29 is 14.7 Å². The minimum atomic E-state index is -0.563. The number of likely N-dealkylation sites (tertiary alicyclic amines) is 1. The fraction of sp³-hybridized carbons (Fsp3) is 0.625. The van der Waals surface area contributed by atoms with Crippen molar-refractivity contribution in [2.75, 3.05) is 40.3 Å². The monoisotopic (exact) mass is 339 g/mol. The van der Waals surface area contributed by atoms with Gasteiger partial charge in [-0.3, -0.25) is 9.59 Å². The van der Waals surface area contributed by atoms with E-state index in [1.165, 1.54) is 0 Å². The molecule has 1 aliphatic rings. The summed E-state index contributed by atoms with van der Waals surface area (Å²) in [6.45, 7) is 1.51. The Morgan fingerprint density at radius 1 is 1.52 bits per heavy atom. The Bertz CT molecular complexity index is 519. The fourth-order valence-corrected chi connectivity index (χ4v) is 3.75. The molecule has 7 heteroatoms. The second kappa shape index (κ2) is 8.42. The zero-order chi connectivity index (χ0) is 16.8. The number of nitrogens with one attached hydrogen (secondary N) is 1. The van der Waals surface area contributed by atoms with E-state index in [0.29, 0.717) is 19.6 Å². The molecule has 1 aromatic heterocycles. The van der Waals surface area contributed by atoms with Crippen LogP contribution in [0.25, 0.3) is 0 Å². The molecule has 0 unspecified atom stereocenters. The molecule has 0 saturated carbocycles. The average molecular weight is 339 g/mol. The summed E-state index contributed by atoms with van der Waals surface area (Å²) < 4.78 is 0. The van der Waals surface area contributed by atoms with Crippen molar-refractivity contribution in [3.63, 3.8) is 0 Å². The number of hydrogen-bond donors (Lipinski definition) is 2. The van der Waals surface area contributed by atoms with E-state index >= 15 is 0 Å². The van der Waals surface area contributed by atoms with Crippen molar-refractivity contribution in [1.82, 2.24) is 15.1 Å². The lowest BCUT2D eigenvalue weighted by molar-refractivity contribution is -0.147. The third kappa shape index (κ3) is 4.76. The summed E-state index contributed by atoms with van der Waals surface area (Å²) in [6, 6.07) is 4.06. The van der Waals surface area contributed by atoms with Gasteiger partial charge in [0.2, 0.25) is 0 Å². The summed E-state index contributed by atoms with van der Waals surface area (Å²) >= 11 is 1.63. The molecular formula is C16H25N3O3S. The molecule has 0 spiro atoms. The van der Waals surface area contributed by atoms with Crippen LogP contribution in [0.5, 0.6) is 0 Å². The molecule has 0 aromatic carbocycles. The van der Waals surface area contributed by atoms with E-state index < -0.39 is 11.8 Å². The number of likely N-dealkylation sites (N-methyl/N-ethyl adjacent to an activating group) is 1. The Labute approximate surface area is 141 Å². The first-order valence-electron chi connectivity index (χ1n) is 7.90. The molecular weight excluding hydrogens is 314 g/mol. The van der Waals surface area contributed by atoms with Crippen molar-refractivity contribution in [2.24, 2.45) is 5.92 Å². The Kier molecular flexibility index (Phi) is 6.56. The van der Waals surface area contributed by atoms with Crippen LogP contribution >= 0.6 is 11.3 Å². The summed E-state index contributed by atoms with van der Waals surface area (Å²) in [7, 11) is 3.91. The molecule has 2 atom stereocenters. The van der Waals surface area contributed by atoms with Crippen LogP contribution in [0.1, 0.15) is 23.8 Å². The van der Waals surface area contributed by atoms with Gasteiger partial charge in [-0.25, -0.2) is 0 Å². The third-order valence-electron chi connectivity index (χ3n) is 4.21. The fourth-order valence-electron chi connectivity index (χ4n) is 2.83. The van der Waals surface area contributed by atoms with E-state index in [-0.39, 0.29) is 18.6 Å². The highest BCUT2D eigenvalue weighted by atomic mass is 32.1. The normalized spacial score (nSPS) is 19.7. The van der Waals surface area contributed by atoms with Gasteiger partial charge in [-0.15, -0.1) is 11.3 Å². The smallest absolute Gasteiger partial charge is 0.311 e. The summed E-state index contributed by atoms with van der Waals surface area (Å²) in [4.78, 5) is 29.1.